The minimum Gasteiger partial charge on any atom is -0.497 e. The summed E-state index contributed by atoms with van der Waals surface area (Å²) in [5.74, 6) is 0.684. The third-order valence-corrected chi connectivity index (χ3v) is 5.52. The van der Waals surface area contributed by atoms with Crippen molar-refractivity contribution in [3.05, 3.63) is 42.0 Å². The predicted octanol–water partition coefficient (Wildman–Crippen LogP) is 3.04. The van der Waals surface area contributed by atoms with E-state index in [4.69, 9.17) is 14.2 Å². The van der Waals surface area contributed by atoms with E-state index in [2.05, 4.69) is 10.0 Å². The van der Waals surface area contributed by atoms with Crippen LogP contribution < -0.4 is 24.2 Å². The van der Waals surface area contributed by atoms with Gasteiger partial charge in [-0.25, -0.2) is 13.1 Å². The Bertz CT molecular complexity index is 973. The first-order valence-electron chi connectivity index (χ1n) is 9.04. The first kappa shape index (κ1) is 22.5. The van der Waals surface area contributed by atoms with Gasteiger partial charge in [0.25, 0.3) is 5.91 Å². The lowest BCUT2D eigenvalue weighted by molar-refractivity contribution is 0.102. The molecule has 29 heavy (non-hydrogen) atoms. The average molecular weight is 423 g/mol. The molecule has 1 amide bonds. The Labute approximate surface area is 171 Å². The Morgan fingerprint density at radius 3 is 2.34 bits per heavy atom. The monoisotopic (exact) mass is 422 g/mol. The lowest BCUT2D eigenvalue weighted by Gasteiger charge is -2.15. The van der Waals surface area contributed by atoms with E-state index in [1.54, 1.807) is 39.0 Å². The Balaban J connectivity index is 2.40. The van der Waals surface area contributed by atoms with Crippen molar-refractivity contribution in [2.45, 2.75) is 31.7 Å². The van der Waals surface area contributed by atoms with E-state index in [0.29, 0.717) is 23.8 Å². The molecule has 0 heterocycles. The van der Waals surface area contributed by atoms with E-state index < -0.39 is 15.9 Å². The molecule has 8 nitrogen and oxygen atoms in total. The number of benzene rings is 2. The fraction of sp³-hybridized carbons (Fsp3) is 0.350. The molecule has 2 aromatic carbocycles. The van der Waals surface area contributed by atoms with E-state index in [9.17, 15) is 13.2 Å². The van der Waals surface area contributed by atoms with Crippen molar-refractivity contribution in [3.8, 4) is 17.2 Å². The molecular weight excluding hydrogens is 396 g/mol. The highest BCUT2D eigenvalue weighted by Gasteiger charge is 2.23. The highest BCUT2D eigenvalue weighted by molar-refractivity contribution is 7.89. The third kappa shape index (κ3) is 5.61. The molecule has 0 unspecified atom stereocenters. The zero-order valence-electron chi connectivity index (χ0n) is 17.1. The first-order valence-corrected chi connectivity index (χ1v) is 10.5. The van der Waals surface area contributed by atoms with E-state index in [1.165, 1.54) is 32.4 Å². The second-order valence-corrected chi connectivity index (χ2v) is 8.07. The van der Waals surface area contributed by atoms with Crippen LogP contribution in [0.15, 0.2) is 41.3 Å². The standard InChI is InChI=1S/C20H26N2O6S/c1-6-28-17-10-7-14(11-19(17)29(24,25)22-13(2)3)20(23)21-16-9-8-15(26-4)12-18(16)27-5/h7-13,22H,6H2,1-5H3,(H,21,23). The topological polar surface area (TPSA) is 103 Å². The molecule has 0 radical (unpaired) electrons. The molecule has 0 aliphatic carbocycles. The summed E-state index contributed by atoms with van der Waals surface area (Å²) in [7, 11) is -0.856. The molecule has 2 aromatic rings. The fourth-order valence-electron chi connectivity index (χ4n) is 2.60. The molecule has 2 N–H and O–H groups in total. The molecular formula is C20H26N2O6S. The molecule has 0 aliphatic rings. The summed E-state index contributed by atoms with van der Waals surface area (Å²) in [5, 5.41) is 2.72. The molecule has 0 aromatic heterocycles. The summed E-state index contributed by atoms with van der Waals surface area (Å²) >= 11 is 0. The third-order valence-electron chi connectivity index (χ3n) is 3.84. The van der Waals surface area contributed by atoms with Crippen molar-refractivity contribution >= 4 is 21.6 Å². The van der Waals surface area contributed by atoms with Crippen molar-refractivity contribution in [1.29, 1.82) is 0 Å². The number of carbonyl (C=O) groups is 1. The second kappa shape index (κ2) is 9.62. The van der Waals surface area contributed by atoms with Crippen molar-refractivity contribution < 1.29 is 27.4 Å². The van der Waals surface area contributed by atoms with Gasteiger partial charge >= 0.3 is 0 Å². The SMILES string of the molecule is CCOc1ccc(C(=O)Nc2ccc(OC)cc2OC)cc1S(=O)(=O)NC(C)C. The normalized spacial score (nSPS) is 11.2. The summed E-state index contributed by atoms with van der Waals surface area (Å²) < 4.78 is 43.7. The van der Waals surface area contributed by atoms with Gasteiger partial charge in [-0.1, -0.05) is 0 Å². The number of amides is 1. The second-order valence-electron chi connectivity index (χ2n) is 6.39. The number of nitrogens with one attached hydrogen (secondary N) is 2. The van der Waals surface area contributed by atoms with Crippen LogP contribution in [-0.4, -0.2) is 41.2 Å². The molecule has 0 spiro atoms. The Hall–Kier alpha value is -2.78. The number of hydrogen-bond donors (Lipinski definition) is 2. The maximum absolute atomic E-state index is 12.8. The van der Waals surface area contributed by atoms with Crippen LogP contribution in [0.1, 0.15) is 31.1 Å². The van der Waals surface area contributed by atoms with Gasteiger partial charge in [0, 0.05) is 17.7 Å². The lowest BCUT2D eigenvalue weighted by Crippen LogP contribution is -2.30. The summed E-state index contributed by atoms with van der Waals surface area (Å²) in [4.78, 5) is 12.7. The number of sulfonamides is 1. The van der Waals surface area contributed by atoms with Crippen molar-refractivity contribution in [3.63, 3.8) is 0 Å². The van der Waals surface area contributed by atoms with Gasteiger partial charge in [-0.2, -0.15) is 0 Å². The summed E-state index contributed by atoms with van der Waals surface area (Å²) in [5.41, 5.74) is 0.590. The molecule has 0 saturated heterocycles. The van der Waals surface area contributed by atoms with Crippen LogP contribution in [0.3, 0.4) is 0 Å². The van der Waals surface area contributed by atoms with E-state index in [1.807, 2.05) is 0 Å². The highest BCUT2D eigenvalue weighted by atomic mass is 32.2. The van der Waals surface area contributed by atoms with Gasteiger partial charge in [0.15, 0.2) is 0 Å². The number of methoxy groups -OCH3 is 2. The largest absolute Gasteiger partial charge is 0.497 e. The number of anilines is 1. The molecule has 9 heteroatoms. The van der Waals surface area contributed by atoms with Gasteiger partial charge in [-0.15, -0.1) is 0 Å². The van der Waals surface area contributed by atoms with Gasteiger partial charge < -0.3 is 19.5 Å². The Kier molecular flexibility index (Phi) is 7.46. The fourth-order valence-corrected chi connectivity index (χ4v) is 4.03. The zero-order valence-corrected chi connectivity index (χ0v) is 17.9. The van der Waals surface area contributed by atoms with Crippen molar-refractivity contribution in [2.75, 3.05) is 26.1 Å². The summed E-state index contributed by atoms with van der Waals surface area (Å²) in [6, 6.07) is 8.91. The van der Waals surface area contributed by atoms with E-state index in [0.717, 1.165) is 0 Å². The summed E-state index contributed by atoms with van der Waals surface area (Å²) in [6.45, 7) is 5.47. The summed E-state index contributed by atoms with van der Waals surface area (Å²) in [6.07, 6.45) is 0. The lowest BCUT2D eigenvalue weighted by atomic mass is 10.2. The van der Waals surface area contributed by atoms with Crippen LogP contribution in [0.4, 0.5) is 5.69 Å². The number of hydrogen-bond acceptors (Lipinski definition) is 6. The smallest absolute Gasteiger partial charge is 0.255 e. The Morgan fingerprint density at radius 1 is 1.03 bits per heavy atom. The number of ether oxygens (including phenoxy) is 3. The predicted molar refractivity (Wildman–Crippen MR) is 111 cm³/mol. The van der Waals surface area contributed by atoms with Crippen LogP contribution in [0.2, 0.25) is 0 Å². The average Bonchev–Trinajstić information content (AvgIpc) is 2.67. The molecule has 0 fully saturated rings. The Morgan fingerprint density at radius 2 is 1.76 bits per heavy atom. The quantitative estimate of drug-likeness (QED) is 0.644. The van der Waals surface area contributed by atoms with Gasteiger partial charge in [0.05, 0.1) is 26.5 Å². The van der Waals surface area contributed by atoms with Crippen molar-refractivity contribution in [1.82, 2.24) is 4.72 Å². The van der Waals surface area contributed by atoms with Gasteiger partial charge in [0.2, 0.25) is 10.0 Å². The van der Waals surface area contributed by atoms with Crippen molar-refractivity contribution in [2.24, 2.45) is 0 Å². The molecule has 2 rings (SSSR count). The highest BCUT2D eigenvalue weighted by Crippen LogP contribution is 2.30. The zero-order chi connectivity index (χ0) is 21.6. The van der Waals surface area contributed by atoms with Crippen LogP contribution in [-0.2, 0) is 10.0 Å². The van der Waals surface area contributed by atoms with E-state index >= 15 is 0 Å². The van der Waals surface area contributed by atoms with Crippen LogP contribution in [0, 0.1) is 0 Å². The maximum Gasteiger partial charge on any atom is 0.255 e. The minimum atomic E-state index is -3.86. The molecule has 0 saturated carbocycles. The molecule has 0 aliphatic heterocycles. The van der Waals surface area contributed by atoms with Crippen LogP contribution in [0.5, 0.6) is 17.2 Å². The number of rotatable bonds is 9. The minimum absolute atomic E-state index is 0.0950. The van der Waals surface area contributed by atoms with E-state index in [-0.39, 0.29) is 22.3 Å². The van der Waals surface area contributed by atoms with Gasteiger partial charge in [-0.3, -0.25) is 4.79 Å². The maximum atomic E-state index is 12.8. The molecule has 158 valence electrons. The first-order chi connectivity index (χ1) is 13.7. The molecule has 0 atom stereocenters. The van der Waals surface area contributed by atoms with Crippen LogP contribution >= 0.6 is 0 Å². The molecule has 0 bridgehead atoms. The van der Waals surface area contributed by atoms with Gasteiger partial charge in [-0.05, 0) is 51.1 Å². The van der Waals surface area contributed by atoms with Crippen LogP contribution in [0.25, 0.3) is 0 Å². The van der Waals surface area contributed by atoms with Gasteiger partial charge in [0.1, 0.15) is 22.1 Å². The number of carbonyl (C=O) groups excluding carboxylic acids is 1.